The highest BCUT2D eigenvalue weighted by molar-refractivity contribution is 7.26. The molecule has 0 N–H and O–H groups in total. The first-order valence-corrected chi connectivity index (χ1v) is 20.3. The average molecular weight is 757 g/mol. The van der Waals surface area contributed by atoms with E-state index < -0.39 is 0 Å². The second kappa shape index (κ2) is 13.1. The number of rotatable bonds is 5. The Morgan fingerprint density at radius 3 is 1.84 bits per heavy atom. The van der Waals surface area contributed by atoms with Crippen LogP contribution in [0.3, 0.4) is 0 Å². The zero-order valence-electron chi connectivity index (χ0n) is 31.2. The van der Waals surface area contributed by atoms with Crippen molar-refractivity contribution in [2.45, 2.75) is 0 Å². The molecule has 0 spiro atoms. The third-order valence-electron chi connectivity index (χ3n) is 11.4. The molecule has 0 atom stereocenters. The van der Waals surface area contributed by atoms with Crippen molar-refractivity contribution in [3.05, 3.63) is 194 Å². The van der Waals surface area contributed by atoms with Crippen LogP contribution in [-0.4, -0.2) is 19.5 Å². The van der Waals surface area contributed by atoms with Crippen LogP contribution >= 0.6 is 11.3 Å². The van der Waals surface area contributed by atoms with Gasteiger partial charge in [0.2, 0.25) is 5.95 Å². The van der Waals surface area contributed by atoms with Crippen molar-refractivity contribution >= 4 is 74.9 Å². The van der Waals surface area contributed by atoms with Crippen molar-refractivity contribution in [2.24, 2.45) is 0 Å². The Labute approximate surface area is 338 Å². The van der Waals surface area contributed by atoms with Crippen LogP contribution in [0.25, 0.3) is 115 Å². The highest BCUT2D eigenvalue weighted by atomic mass is 32.1. The van der Waals surface area contributed by atoms with Crippen LogP contribution in [0.4, 0.5) is 0 Å². The number of benzene rings is 9. The van der Waals surface area contributed by atoms with Gasteiger partial charge in [-0.3, -0.25) is 4.57 Å². The normalized spacial score (nSPS) is 11.8. The summed E-state index contributed by atoms with van der Waals surface area (Å²) in [4.78, 5) is 15.8. The molecule has 3 aromatic heterocycles. The molecule has 58 heavy (non-hydrogen) atoms. The molecule has 9 aromatic carbocycles. The average Bonchev–Trinajstić information content (AvgIpc) is 3.85. The SMILES string of the molecule is c1ccc(-c2ccc(-c3nc(-c4ccc5ccccc5c4)nc(-n4c5ccccc5c5cccc(-c6ccc7sc8ccc9ccccc9c8c7c6)c54)n3)cc2)cc1. The summed E-state index contributed by atoms with van der Waals surface area (Å²) in [5.74, 6) is 1.82. The Morgan fingerprint density at radius 1 is 0.362 bits per heavy atom. The number of aromatic nitrogens is 4. The molecule has 4 nitrogen and oxygen atoms in total. The van der Waals surface area contributed by atoms with Crippen LogP contribution in [-0.2, 0) is 0 Å². The zero-order chi connectivity index (χ0) is 38.2. The largest absolute Gasteiger partial charge is 0.277 e. The van der Waals surface area contributed by atoms with Gasteiger partial charge in [-0.25, -0.2) is 4.98 Å². The van der Waals surface area contributed by atoms with E-state index >= 15 is 0 Å². The summed E-state index contributed by atoms with van der Waals surface area (Å²) in [6, 6.07) is 69.2. The van der Waals surface area contributed by atoms with Gasteiger partial charge >= 0.3 is 0 Å². The molecule has 12 aromatic rings. The van der Waals surface area contributed by atoms with E-state index in [1.165, 1.54) is 41.9 Å². The fourth-order valence-corrected chi connectivity index (χ4v) is 9.77. The Kier molecular flexibility index (Phi) is 7.37. The molecule has 5 heteroatoms. The Bertz CT molecular complexity index is 3560. The summed E-state index contributed by atoms with van der Waals surface area (Å²) in [5.41, 5.74) is 8.55. The summed E-state index contributed by atoms with van der Waals surface area (Å²) in [6.07, 6.45) is 0. The minimum atomic E-state index is 0.576. The number of fused-ring (bicyclic) bond motifs is 9. The Morgan fingerprint density at radius 2 is 0.983 bits per heavy atom. The maximum Gasteiger partial charge on any atom is 0.238 e. The van der Waals surface area contributed by atoms with Crippen molar-refractivity contribution in [3.8, 4) is 51.0 Å². The van der Waals surface area contributed by atoms with Crippen molar-refractivity contribution in [2.75, 3.05) is 0 Å². The smallest absolute Gasteiger partial charge is 0.238 e. The molecule has 0 fully saturated rings. The minimum absolute atomic E-state index is 0.576. The molecule has 0 saturated carbocycles. The van der Waals surface area contributed by atoms with Gasteiger partial charge in [-0.2, -0.15) is 9.97 Å². The van der Waals surface area contributed by atoms with Crippen LogP contribution in [0.15, 0.2) is 194 Å². The molecule has 270 valence electrons. The van der Waals surface area contributed by atoms with Gasteiger partial charge in [0.15, 0.2) is 11.6 Å². The maximum atomic E-state index is 5.34. The fraction of sp³-hybridized carbons (Fsp3) is 0. The van der Waals surface area contributed by atoms with Crippen molar-refractivity contribution in [3.63, 3.8) is 0 Å². The monoisotopic (exact) mass is 756 g/mol. The summed E-state index contributed by atoms with van der Waals surface area (Å²) in [6.45, 7) is 0. The van der Waals surface area contributed by atoms with Gasteiger partial charge in [-0.05, 0) is 68.6 Å². The third kappa shape index (κ3) is 5.25. The van der Waals surface area contributed by atoms with Crippen LogP contribution in [0, 0.1) is 0 Å². The van der Waals surface area contributed by atoms with Gasteiger partial charge in [0.1, 0.15) is 0 Å². The Balaban J connectivity index is 1.11. The van der Waals surface area contributed by atoms with Gasteiger partial charge in [0.05, 0.1) is 11.0 Å². The van der Waals surface area contributed by atoms with E-state index in [0.717, 1.165) is 55.0 Å². The molecule has 12 rings (SSSR count). The lowest BCUT2D eigenvalue weighted by molar-refractivity contribution is 0.954. The molecule has 0 aliphatic rings. The molecule has 0 amide bonds. The van der Waals surface area contributed by atoms with Crippen molar-refractivity contribution < 1.29 is 0 Å². The lowest BCUT2D eigenvalue weighted by Crippen LogP contribution is -2.07. The Hall–Kier alpha value is -7.47. The topological polar surface area (TPSA) is 43.6 Å². The standard InChI is InChI=1S/C53H32N4S/c1-2-11-33(12-3-1)35-21-24-37(25-22-35)51-54-52(40-26-23-34-13-4-5-15-38(34)31-40)56-53(55-51)57-46-20-9-8-17-43(46)44-19-10-18-42(50(44)57)39-28-29-47-45(32-39)49-41-16-7-6-14-36(41)27-30-48(49)58-47/h1-32H. The molecular formula is C53H32N4S. The highest BCUT2D eigenvalue weighted by Crippen LogP contribution is 2.43. The first-order valence-electron chi connectivity index (χ1n) is 19.5. The fourth-order valence-electron chi connectivity index (χ4n) is 8.67. The molecular weight excluding hydrogens is 725 g/mol. The first kappa shape index (κ1) is 32.7. The highest BCUT2D eigenvalue weighted by Gasteiger charge is 2.21. The van der Waals surface area contributed by atoms with Crippen molar-refractivity contribution in [1.82, 2.24) is 19.5 Å². The van der Waals surface area contributed by atoms with E-state index in [-0.39, 0.29) is 0 Å². The van der Waals surface area contributed by atoms with Crippen LogP contribution in [0.2, 0.25) is 0 Å². The molecule has 0 radical (unpaired) electrons. The van der Waals surface area contributed by atoms with Gasteiger partial charge in [-0.1, -0.05) is 164 Å². The number of hydrogen-bond acceptors (Lipinski definition) is 4. The van der Waals surface area contributed by atoms with E-state index in [2.05, 4.69) is 193 Å². The van der Waals surface area contributed by atoms with Gasteiger partial charge < -0.3 is 0 Å². The third-order valence-corrected chi connectivity index (χ3v) is 12.6. The number of para-hydroxylation sites is 2. The van der Waals surface area contributed by atoms with E-state index in [9.17, 15) is 0 Å². The molecule has 0 aliphatic carbocycles. The predicted octanol–water partition coefficient (Wildman–Crippen LogP) is 14.3. The van der Waals surface area contributed by atoms with Crippen LogP contribution in [0.5, 0.6) is 0 Å². The second-order valence-corrected chi connectivity index (χ2v) is 15.9. The quantitative estimate of drug-likeness (QED) is 0.176. The van der Waals surface area contributed by atoms with Crippen LogP contribution < -0.4 is 0 Å². The van der Waals surface area contributed by atoms with Gasteiger partial charge in [0.25, 0.3) is 0 Å². The van der Waals surface area contributed by atoms with Crippen LogP contribution in [0.1, 0.15) is 0 Å². The number of nitrogens with zero attached hydrogens (tertiary/aromatic N) is 4. The maximum absolute atomic E-state index is 5.34. The zero-order valence-corrected chi connectivity index (χ0v) is 32.0. The minimum Gasteiger partial charge on any atom is -0.277 e. The molecule has 0 bridgehead atoms. The molecule has 0 unspecified atom stereocenters. The number of thiophene rings is 1. The summed E-state index contributed by atoms with van der Waals surface area (Å²) >= 11 is 1.85. The van der Waals surface area contributed by atoms with E-state index in [1.807, 2.05) is 17.4 Å². The van der Waals surface area contributed by atoms with Gasteiger partial charge in [-0.15, -0.1) is 11.3 Å². The van der Waals surface area contributed by atoms with E-state index in [1.54, 1.807) is 0 Å². The molecule has 3 heterocycles. The summed E-state index contributed by atoms with van der Waals surface area (Å²) < 4.78 is 4.83. The second-order valence-electron chi connectivity index (χ2n) is 14.8. The number of hydrogen-bond donors (Lipinski definition) is 0. The van der Waals surface area contributed by atoms with Crippen molar-refractivity contribution in [1.29, 1.82) is 0 Å². The first-order chi connectivity index (χ1) is 28.7. The predicted molar refractivity (Wildman–Crippen MR) is 244 cm³/mol. The molecule has 0 aliphatic heterocycles. The lowest BCUT2D eigenvalue weighted by Gasteiger charge is -2.13. The van der Waals surface area contributed by atoms with Gasteiger partial charge in [0, 0.05) is 47.6 Å². The molecule has 0 saturated heterocycles. The lowest BCUT2D eigenvalue weighted by atomic mass is 9.98. The summed E-state index contributed by atoms with van der Waals surface area (Å²) in [5, 5.41) is 9.73. The van der Waals surface area contributed by atoms with E-state index in [0.29, 0.717) is 17.6 Å². The summed E-state index contributed by atoms with van der Waals surface area (Å²) in [7, 11) is 0. The van der Waals surface area contributed by atoms with E-state index in [4.69, 9.17) is 15.0 Å².